The normalized spacial score (nSPS) is 13.0. The Bertz CT molecular complexity index is 665. The van der Waals surface area contributed by atoms with Crippen molar-refractivity contribution < 1.29 is 4.43 Å². The second-order valence-corrected chi connectivity index (χ2v) is 9.33. The number of nitrogens with zero attached hydrogens (tertiary/aromatic N) is 1. The van der Waals surface area contributed by atoms with Crippen molar-refractivity contribution in [3.63, 3.8) is 0 Å². The summed E-state index contributed by atoms with van der Waals surface area (Å²) in [5.74, 6) is 0. The lowest BCUT2D eigenvalue weighted by atomic mass is 10.1. The van der Waals surface area contributed by atoms with E-state index in [1.807, 2.05) is 6.08 Å². The molecule has 0 fully saturated rings. The maximum Gasteiger partial charge on any atom is 0.240 e. The van der Waals surface area contributed by atoms with E-state index in [1.54, 1.807) is 0 Å². The molecular formula is C22H31NOSi. The van der Waals surface area contributed by atoms with E-state index in [-0.39, 0.29) is 5.60 Å². The van der Waals surface area contributed by atoms with Gasteiger partial charge in [0, 0.05) is 6.54 Å². The molecule has 0 saturated carbocycles. The van der Waals surface area contributed by atoms with Crippen LogP contribution in [0.25, 0.3) is 6.08 Å². The molecule has 25 heavy (non-hydrogen) atoms. The molecule has 0 saturated heterocycles. The van der Waals surface area contributed by atoms with Crippen molar-refractivity contribution in [3.8, 4) is 0 Å². The first-order valence-corrected chi connectivity index (χ1v) is 10.8. The molecule has 0 aliphatic rings. The largest absolute Gasteiger partial charge is 0.405 e. The average molecular weight is 354 g/mol. The van der Waals surface area contributed by atoms with Gasteiger partial charge in [-0.3, -0.25) is 0 Å². The number of benzene rings is 2. The third kappa shape index (κ3) is 5.67. The zero-order valence-electron chi connectivity index (χ0n) is 16.0. The molecule has 2 aromatic rings. The Kier molecular flexibility index (Phi) is 7.18. The summed E-state index contributed by atoms with van der Waals surface area (Å²) >= 11 is 0. The van der Waals surface area contributed by atoms with Crippen LogP contribution in [0.1, 0.15) is 33.3 Å². The molecule has 3 heteroatoms. The summed E-state index contributed by atoms with van der Waals surface area (Å²) < 4.78 is 6.81. The zero-order chi connectivity index (χ0) is 18.3. The molecular weight excluding hydrogens is 322 g/mol. The summed E-state index contributed by atoms with van der Waals surface area (Å²) in [4.78, 5) is 2.43. The Labute approximate surface area is 154 Å². The second kappa shape index (κ2) is 9.14. The molecule has 0 amide bonds. The number of likely N-dealkylation sites (N-methyl/N-ethyl adjacent to an activating group) is 1. The summed E-state index contributed by atoms with van der Waals surface area (Å²) in [6, 6.07) is 19.3. The van der Waals surface area contributed by atoms with Gasteiger partial charge in [0.15, 0.2) is 0 Å². The van der Waals surface area contributed by atoms with E-state index in [4.69, 9.17) is 4.43 Å². The molecule has 0 aliphatic carbocycles. The predicted molar refractivity (Wildman–Crippen MR) is 112 cm³/mol. The summed E-state index contributed by atoms with van der Waals surface area (Å²) in [6.07, 6.45) is 1.90. The topological polar surface area (TPSA) is 12.5 Å². The number of hydrogen-bond donors (Lipinski definition) is 0. The Balaban J connectivity index is 2.33. The van der Waals surface area contributed by atoms with E-state index >= 15 is 0 Å². The quantitative estimate of drug-likeness (QED) is 0.641. The predicted octanol–water partition coefficient (Wildman–Crippen LogP) is 3.30. The Morgan fingerprint density at radius 3 is 2.24 bits per heavy atom. The SMILES string of the molecule is C=Cc1cccc([SiH](OC(C)(C)CN(CC)CC)c2ccccc2)c1. The van der Waals surface area contributed by atoms with E-state index in [0.29, 0.717) is 0 Å². The van der Waals surface area contributed by atoms with Gasteiger partial charge in [-0.05, 0) is 42.9 Å². The van der Waals surface area contributed by atoms with Crippen LogP contribution in [0.4, 0.5) is 0 Å². The minimum absolute atomic E-state index is 0.192. The second-order valence-electron chi connectivity index (χ2n) is 7.00. The van der Waals surface area contributed by atoms with E-state index in [0.717, 1.165) is 25.2 Å². The van der Waals surface area contributed by atoms with Gasteiger partial charge < -0.3 is 9.33 Å². The van der Waals surface area contributed by atoms with Crippen LogP contribution in [0.3, 0.4) is 0 Å². The van der Waals surface area contributed by atoms with Crippen LogP contribution in [0.5, 0.6) is 0 Å². The van der Waals surface area contributed by atoms with Crippen LogP contribution in [0.15, 0.2) is 61.2 Å². The van der Waals surface area contributed by atoms with Crippen LogP contribution in [0.2, 0.25) is 0 Å². The van der Waals surface area contributed by atoms with E-state index in [1.165, 1.54) is 10.4 Å². The van der Waals surface area contributed by atoms with E-state index in [2.05, 4.69) is 93.8 Å². The minimum atomic E-state index is -1.77. The first-order chi connectivity index (χ1) is 12.0. The first-order valence-electron chi connectivity index (χ1n) is 9.16. The standard InChI is InChI=1S/C22H31NOSi/c1-6-19-13-12-16-21(17-19)25(20-14-10-9-11-15-20)24-22(4,5)18-23(7-2)8-3/h6,9-17,25H,1,7-8,18H2,2-5H3. The molecule has 2 nitrogen and oxygen atoms in total. The van der Waals surface area contributed by atoms with Gasteiger partial charge >= 0.3 is 0 Å². The highest BCUT2D eigenvalue weighted by atomic mass is 28.3. The molecule has 134 valence electrons. The molecule has 0 bridgehead atoms. The molecule has 0 heterocycles. The van der Waals surface area contributed by atoms with Gasteiger partial charge in [-0.15, -0.1) is 0 Å². The van der Waals surface area contributed by atoms with Crippen LogP contribution >= 0.6 is 0 Å². The third-order valence-corrected chi connectivity index (χ3v) is 7.32. The molecule has 0 aliphatic heterocycles. The van der Waals surface area contributed by atoms with Gasteiger partial charge in [-0.2, -0.15) is 0 Å². The first kappa shape index (κ1) is 19.6. The average Bonchev–Trinajstić information content (AvgIpc) is 2.65. The van der Waals surface area contributed by atoms with Crippen LogP contribution < -0.4 is 10.4 Å². The molecule has 1 unspecified atom stereocenters. The van der Waals surface area contributed by atoms with Crippen LogP contribution in [0, 0.1) is 0 Å². The maximum absolute atomic E-state index is 6.81. The fraction of sp³-hybridized carbons (Fsp3) is 0.364. The van der Waals surface area contributed by atoms with Crippen molar-refractivity contribution in [2.75, 3.05) is 19.6 Å². The van der Waals surface area contributed by atoms with E-state index < -0.39 is 9.04 Å². The van der Waals surface area contributed by atoms with Crippen LogP contribution in [-0.2, 0) is 4.43 Å². The third-order valence-electron chi connectivity index (χ3n) is 4.49. The summed E-state index contributed by atoms with van der Waals surface area (Å²) in [5.41, 5.74) is 0.958. The molecule has 0 aromatic heterocycles. The van der Waals surface area contributed by atoms with Crippen molar-refractivity contribution in [3.05, 3.63) is 66.7 Å². The van der Waals surface area contributed by atoms with Crippen molar-refractivity contribution in [1.82, 2.24) is 4.90 Å². The smallest absolute Gasteiger partial charge is 0.240 e. The van der Waals surface area contributed by atoms with Crippen molar-refractivity contribution in [2.45, 2.75) is 33.3 Å². The van der Waals surface area contributed by atoms with Gasteiger partial charge in [0.2, 0.25) is 9.04 Å². The van der Waals surface area contributed by atoms with Crippen LogP contribution in [-0.4, -0.2) is 39.2 Å². The highest BCUT2D eigenvalue weighted by Crippen LogP contribution is 2.14. The fourth-order valence-electron chi connectivity index (χ4n) is 3.15. The van der Waals surface area contributed by atoms with Crippen molar-refractivity contribution in [2.24, 2.45) is 0 Å². The molecule has 2 aromatic carbocycles. The molecule has 0 spiro atoms. The van der Waals surface area contributed by atoms with Gasteiger partial charge in [0.1, 0.15) is 0 Å². The van der Waals surface area contributed by atoms with Crippen molar-refractivity contribution >= 4 is 25.5 Å². The zero-order valence-corrected chi connectivity index (χ0v) is 17.2. The van der Waals surface area contributed by atoms with Gasteiger partial charge in [-0.25, -0.2) is 0 Å². The Morgan fingerprint density at radius 1 is 1.00 bits per heavy atom. The van der Waals surface area contributed by atoms with Gasteiger partial charge in [0.05, 0.1) is 5.60 Å². The Hall–Kier alpha value is -1.68. The Morgan fingerprint density at radius 2 is 1.64 bits per heavy atom. The van der Waals surface area contributed by atoms with Crippen molar-refractivity contribution in [1.29, 1.82) is 0 Å². The number of hydrogen-bond acceptors (Lipinski definition) is 2. The van der Waals surface area contributed by atoms with E-state index in [9.17, 15) is 0 Å². The summed E-state index contributed by atoms with van der Waals surface area (Å²) in [7, 11) is -1.77. The lowest BCUT2D eigenvalue weighted by molar-refractivity contribution is 0.0656. The molecule has 2 rings (SSSR count). The highest BCUT2D eigenvalue weighted by molar-refractivity contribution is 6.80. The lowest BCUT2D eigenvalue weighted by Crippen LogP contribution is -2.53. The summed E-state index contributed by atoms with van der Waals surface area (Å²) in [5, 5.41) is 2.62. The molecule has 0 radical (unpaired) electrons. The molecule has 1 atom stereocenters. The fourth-order valence-corrected chi connectivity index (χ4v) is 5.72. The van der Waals surface area contributed by atoms with Gasteiger partial charge in [0.25, 0.3) is 0 Å². The van der Waals surface area contributed by atoms with Gasteiger partial charge in [-0.1, -0.05) is 81.1 Å². The maximum atomic E-state index is 6.81. The number of rotatable bonds is 9. The lowest BCUT2D eigenvalue weighted by Gasteiger charge is -2.35. The molecule has 0 N–H and O–H groups in total. The minimum Gasteiger partial charge on any atom is -0.405 e. The highest BCUT2D eigenvalue weighted by Gasteiger charge is 2.28. The monoisotopic (exact) mass is 353 g/mol. The summed E-state index contributed by atoms with van der Waals surface area (Å²) in [6.45, 7) is 15.8.